The van der Waals surface area contributed by atoms with Crippen molar-refractivity contribution in [2.45, 2.75) is 13.0 Å². The van der Waals surface area contributed by atoms with Crippen LogP contribution < -0.4 is 5.32 Å². The summed E-state index contributed by atoms with van der Waals surface area (Å²) in [5, 5.41) is 6.38. The standard InChI is InChI=1S/C14H16BrFN2OS/c1-9-8-20-14(18-9)13(17-5-6-19-2)10-3-4-12(16)11(15)7-10/h3-4,7-8,13,17H,5-6H2,1-2H3. The molecule has 108 valence electrons. The number of benzene rings is 1. The second-order valence-electron chi connectivity index (χ2n) is 4.38. The van der Waals surface area contributed by atoms with E-state index in [2.05, 4.69) is 26.2 Å². The summed E-state index contributed by atoms with van der Waals surface area (Å²) in [6.07, 6.45) is 0. The van der Waals surface area contributed by atoms with Crippen molar-refractivity contribution < 1.29 is 9.13 Å². The molecule has 0 radical (unpaired) electrons. The second-order valence-corrected chi connectivity index (χ2v) is 6.12. The summed E-state index contributed by atoms with van der Waals surface area (Å²) in [6.45, 7) is 3.28. The molecular weight excluding hydrogens is 343 g/mol. The van der Waals surface area contributed by atoms with Gasteiger partial charge in [0.1, 0.15) is 10.8 Å². The maximum atomic E-state index is 13.4. The van der Waals surface area contributed by atoms with E-state index in [1.165, 1.54) is 6.07 Å². The zero-order chi connectivity index (χ0) is 14.5. The zero-order valence-electron chi connectivity index (χ0n) is 11.3. The molecule has 6 heteroatoms. The molecule has 0 amide bonds. The summed E-state index contributed by atoms with van der Waals surface area (Å²) in [4.78, 5) is 4.52. The lowest BCUT2D eigenvalue weighted by molar-refractivity contribution is 0.197. The van der Waals surface area contributed by atoms with Crippen LogP contribution in [0.4, 0.5) is 4.39 Å². The average Bonchev–Trinajstić information content (AvgIpc) is 2.85. The van der Waals surface area contributed by atoms with Gasteiger partial charge in [0.05, 0.1) is 17.1 Å². The zero-order valence-corrected chi connectivity index (χ0v) is 13.7. The van der Waals surface area contributed by atoms with Crippen molar-refractivity contribution in [1.29, 1.82) is 0 Å². The molecule has 0 aliphatic heterocycles. The molecule has 0 saturated carbocycles. The number of nitrogens with one attached hydrogen (secondary N) is 1. The Hall–Kier alpha value is -0.820. The first-order valence-corrected chi connectivity index (χ1v) is 7.88. The average molecular weight is 359 g/mol. The Kier molecular flexibility index (Phi) is 5.65. The molecule has 1 aromatic heterocycles. The predicted octanol–water partition coefficient (Wildman–Crippen LogP) is 3.68. The molecule has 1 N–H and O–H groups in total. The van der Waals surface area contributed by atoms with Crippen molar-refractivity contribution in [2.75, 3.05) is 20.3 Å². The van der Waals surface area contributed by atoms with E-state index < -0.39 is 0 Å². The molecule has 2 rings (SSSR count). The summed E-state index contributed by atoms with van der Waals surface area (Å²) in [5.74, 6) is -0.264. The number of hydrogen-bond acceptors (Lipinski definition) is 4. The molecule has 1 heterocycles. The highest BCUT2D eigenvalue weighted by Crippen LogP contribution is 2.28. The summed E-state index contributed by atoms with van der Waals surface area (Å²) in [5.41, 5.74) is 1.97. The van der Waals surface area contributed by atoms with Crippen LogP contribution in [0.5, 0.6) is 0 Å². The minimum Gasteiger partial charge on any atom is -0.383 e. The molecule has 0 aliphatic rings. The third-order valence-corrected chi connectivity index (χ3v) is 4.45. The van der Waals surface area contributed by atoms with E-state index in [9.17, 15) is 4.39 Å². The van der Waals surface area contributed by atoms with E-state index >= 15 is 0 Å². The maximum Gasteiger partial charge on any atom is 0.137 e. The normalized spacial score (nSPS) is 12.6. The van der Waals surface area contributed by atoms with E-state index in [1.807, 2.05) is 12.3 Å². The predicted molar refractivity (Wildman–Crippen MR) is 82.7 cm³/mol. The first kappa shape index (κ1) is 15.6. The van der Waals surface area contributed by atoms with E-state index in [0.29, 0.717) is 17.6 Å². The Morgan fingerprint density at radius 3 is 2.90 bits per heavy atom. The molecule has 3 nitrogen and oxygen atoms in total. The first-order valence-electron chi connectivity index (χ1n) is 6.21. The van der Waals surface area contributed by atoms with E-state index in [1.54, 1.807) is 30.6 Å². The highest BCUT2D eigenvalue weighted by atomic mass is 79.9. The number of thiazole rings is 1. The Morgan fingerprint density at radius 1 is 1.50 bits per heavy atom. The molecule has 0 saturated heterocycles. The van der Waals surface area contributed by atoms with Crippen molar-refractivity contribution in [3.63, 3.8) is 0 Å². The van der Waals surface area contributed by atoms with E-state index in [4.69, 9.17) is 4.74 Å². The molecule has 20 heavy (non-hydrogen) atoms. The number of aromatic nitrogens is 1. The van der Waals surface area contributed by atoms with Crippen molar-refractivity contribution >= 4 is 27.3 Å². The highest BCUT2D eigenvalue weighted by molar-refractivity contribution is 9.10. The summed E-state index contributed by atoms with van der Waals surface area (Å²) < 4.78 is 18.9. The van der Waals surface area contributed by atoms with Gasteiger partial charge in [-0.25, -0.2) is 9.37 Å². The fraction of sp³-hybridized carbons (Fsp3) is 0.357. The molecule has 0 fully saturated rings. The van der Waals surface area contributed by atoms with E-state index in [-0.39, 0.29) is 11.9 Å². The molecule has 1 unspecified atom stereocenters. The van der Waals surface area contributed by atoms with Crippen LogP contribution in [0.2, 0.25) is 0 Å². The van der Waals surface area contributed by atoms with Gasteiger partial charge in [0.2, 0.25) is 0 Å². The van der Waals surface area contributed by atoms with Gasteiger partial charge in [0.25, 0.3) is 0 Å². The molecule has 1 atom stereocenters. The van der Waals surface area contributed by atoms with Gasteiger partial charge in [-0.05, 0) is 40.5 Å². The Morgan fingerprint density at radius 2 is 2.30 bits per heavy atom. The fourth-order valence-electron chi connectivity index (χ4n) is 1.85. The van der Waals surface area contributed by atoms with Crippen molar-refractivity contribution in [2.24, 2.45) is 0 Å². The topological polar surface area (TPSA) is 34.1 Å². The van der Waals surface area contributed by atoms with Crippen LogP contribution in [-0.4, -0.2) is 25.2 Å². The Bertz CT molecular complexity index is 576. The summed E-state index contributed by atoms with van der Waals surface area (Å²) in [6, 6.07) is 4.98. The second kappa shape index (κ2) is 7.26. The highest BCUT2D eigenvalue weighted by Gasteiger charge is 2.18. The monoisotopic (exact) mass is 358 g/mol. The number of nitrogens with zero attached hydrogens (tertiary/aromatic N) is 1. The first-order chi connectivity index (χ1) is 9.61. The third-order valence-electron chi connectivity index (χ3n) is 2.82. The van der Waals surface area contributed by atoms with Gasteiger partial charge in [-0.15, -0.1) is 11.3 Å². The van der Waals surface area contributed by atoms with Gasteiger partial charge in [-0.1, -0.05) is 6.07 Å². The summed E-state index contributed by atoms with van der Waals surface area (Å²) >= 11 is 4.83. The minimum absolute atomic E-state index is 0.0549. The van der Waals surface area contributed by atoms with Gasteiger partial charge in [-0.2, -0.15) is 0 Å². The Labute approximate surface area is 130 Å². The van der Waals surface area contributed by atoms with Crippen LogP contribution >= 0.6 is 27.3 Å². The van der Waals surface area contributed by atoms with Gasteiger partial charge >= 0.3 is 0 Å². The van der Waals surface area contributed by atoms with Crippen LogP contribution in [0.15, 0.2) is 28.1 Å². The molecule has 2 aromatic rings. The van der Waals surface area contributed by atoms with E-state index in [0.717, 1.165) is 16.3 Å². The SMILES string of the molecule is COCCNC(c1ccc(F)c(Br)c1)c1nc(C)cs1. The lowest BCUT2D eigenvalue weighted by Gasteiger charge is -2.17. The van der Waals surface area contributed by atoms with Crippen LogP contribution in [0.25, 0.3) is 0 Å². The summed E-state index contributed by atoms with van der Waals surface area (Å²) in [7, 11) is 1.67. The lowest BCUT2D eigenvalue weighted by Crippen LogP contribution is -2.26. The van der Waals surface area contributed by atoms with Crippen molar-refractivity contribution in [3.05, 3.63) is 50.1 Å². The molecule has 1 aromatic carbocycles. The number of aryl methyl sites for hydroxylation is 1. The number of methoxy groups -OCH3 is 1. The molecule has 0 aliphatic carbocycles. The maximum absolute atomic E-state index is 13.4. The van der Waals surface area contributed by atoms with Gasteiger partial charge < -0.3 is 10.1 Å². The quantitative estimate of drug-likeness (QED) is 0.799. The smallest absolute Gasteiger partial charge is 0.137 e. The molecule has 0 bridgehead atoms. The van der Waals surface area contributed by atoms with Crippen molar-refractivity contribution in [1.82, 2.24) is 10.3 Å². The number of rotatable bonds is 6. The molecular formula is C14H16BrFN2OS. The van der Waals surface area contributed by atoms with Crippen LogP contribution in [0, 0.1) is 12.7 Å². The molecule has 0 spiro atoms. The third kappa shape index (κ3) is 3.85. The Balaban J connectivity index is 2.27. The number of halogens is 2. The fourth-order valence-corrected chi connectivity index (χ4v) is 3.14. The van der Waals surface area contributed by atoms with Crippen LogP contribution in [0.1, 0.15) is 22.3 Å². The number of ether oxygens (including phenoxy) is 1. The minimum atomic E-state index is -0.264. The number of hydrogen-bond donors (Lipinski definition) is 1. The van der Waals surface area contributed by atoms with Crippen molar-refractivity contribution in [3.8, 4) is 0 Å². The largest absolute Gasteiger partial charge is 0.383 e. The van der Waals surface area contributed by atoms with Crippen LogP contribution in [0.3, 0.4) is 0 Å². The van der Waals surface area contributed by atoms with Crippen LogP contribution in [-0.2, 0) is 4.74 Å². The van der Waals surface area contributed by atoms with Gasteiger partial charge in [-0.3, -0.25) is 0 Å². The van der Waals surface area contributed by atoms with Gasteiger partial charge in [0, 0.05) is 24.7 Å². The van der Waals surface area contributed by atoms with Gasteiger partial charge in [0.15, 0.2) is 0 Å². The lowest BCUT2D eigenvalue weighted by atomic mass is 10.1.